The van der Waals surface area contributed by atoms with Gasteiger partial charge in [-0.05, 0) is 55.8 Å². The third-order valence-electron chi connectivity index (χ3n) is 3.43. The van der Waals surface area contributed by atoms with Crippen LogP contribution in [-0.4, -0.2) is 35.7 Å². The maximum atomic E-state index is 14.4. The molecule has 0 saturated carbocycles. The van der Waals surface area contributed by atoms with E-state index >= 15 is 0 Å². The summed E-state index contributed by atoms with van der Waals surface area (Å²) in [5, 5.41) is 3.75. The van der Waals surface area contributed by atoms with Crippen LogP contribution in [0.15, 0.2) is 16.6 Å². The van der Waals surface area contributed by atoms with Gasteiger partial charge in [0, 0.05) is 29.7 Å². The first-order valence-corrected chi connectivity index (χ1v) is 8.62. The molecule has 1 aliphatic heterocycles. The van der Waals surface area contributed by atoms with E-state index in [-0.39, 0.29) is 17.9 Å². The maximum Gasteiger partial charge on any atom is 0.410 e. The molecule has 128 valence electrons. The zero-order valence-corrected chi connectivity index (χ0v) is 16.0. The Morgan fingerprint density at radius 1 is 1.43 bits per heavy atom. The molecule has 1 saturated heterocycles. The number of piperazine rings is 1. The molecule has 1 amide bonds. The van der Waals surface area contributed by atoms with Gasteiger partial charge in [0.25, 0.3) is 0 Å². The number of rotatable bonds is 1. The molecule has 7 heteroatoms. The van der Waals surface area contributed by atoms with Crippen LogP contribution < -0.4 is 5.32 Å². The Bertz CT molecular complexity index is 606. The van der Waals surface area contributed by atoms with Crippen molar-refractivity contribution in [1.82, 2.24) is 10.2 Å². The highest BCUT2D eigenvalue weighted by atomic mass is 79.9. The number of hydrogen-bond acceptors (Lipinski definition) is 3. The lowest BCUT2D eigenvalue weighted by Gasteiger charge is -2.38. The van der Waals surface area contributed by atoms with Crippen molar-refractivity contribution in [2.45, 2.75) is 45.4 Å². The Morgan fingerprint density at radius 2 is 2.09 bits per heavy atom. The van der Waals surface area contributed by atoms with E-state index in [2.05, 4.69) is 21.2 Å². The normalized spacial score (nSPS) is 22.1. The number of halogens is 3. The molecule has 0 spiro atoms. The first-order chi connectivity index (χ1) is 10.6. The summed E-state index contributed by atoms with van der Waals surface area (Å²) in [7, 11) is 0. The summed E-state index contributed by atoms with van der Waals surface area (Å²) in [5.41, 5.74) is -0.130. The number of carbonyl (C=O) groups excluding carboxylic acids is 1. The molecular weight excluding hydrogens is 387 g/mol. The van der Waals surface area contributed by atoms with Crippen LogP contribution in [0.5, 0.6) is 0 Å². The molecule has 0 aromatic heterocycles. The highest BCUT2D eigenvalue weighted by molar-refractivity contribution is 9.10. The topological polar surface area (TPSA) is 41.6 Å². The molecular formula is C16H21BrClFN2O2. The number of benzene rings is 1. The number of ether oxygens (including phenoxy) is 1. The summed E-state index contributed by atoms with van der Waals surface area (Å²) in [6.07, 6.45) is -0.391. The van der Waals surface area contributed by atoms with Gasteiger partial charge in [-0.15, -0.1) is 0 Å². The molecule has 0 aliphatic carbocycles. The largest absolute Gasteiger partial charge is 0.444 e. The van der Waals surface area contributed by atoms with Crippen LogP contribution in [0.4, 0.5) is 9.18 Å². The Kier molecular flexibility index (Phi) is 5.59. The summed E-state index contributed by atoms with van der Waals surface area (Å²) in [6.45, 7) is 8.24. The van der Waals surface area contributed by atoms with Crippen molar-refractivity contribution in [3.63, 3.8) is 0 Å². The quantitative estimate of drug-likeness (QED) is 0.696. The van der Waals surface area contributed by atoms with Crippen molar-refractivity contribution >= 4 is 33.6 Å². The molecule has 1 heterocycles. The predicted octanol–water partition coefficient (Wildman–Crippen LogP) is 4.51. The Morgan fingerprint density at radius 3 is 2.70 bits per heavy atom. The minimum atomic E-state index is -0.564. The van der Waals surface area contributed by atoms with Crippen LogP contribution in [0.25, 0.3) is 0 Å². The second-order valence-corrected chi connectivity index (χ2v) is 8.09. The van der Waals surface area contributed by atoms with Gasteiger partial charge < -0.3 is 15.0 Å². The number of nitrogens with zero attached hydrogens (tertiary/aromatic N) is 1. The highest BCUT2D eigenvalue weighted by Gasteiger charge is 2.32. The second kappa shape index (κ2) is 6.95. The van der Waals surface area contributed by atoms with Gasteiger partial charge in [-0.25, -0.2) is 9.18 Å². The third-order valence-corrected chi connectivity index (χ3v) is 4.23. The lowest BCUT2D eigenvalue weighted by atomic mass is 10.0. The fourth-order valence-electron chi connectivity index (χ4n) is 2.57. The molecule has 0 bridgehead atoms. The Labute approximate surface area is 149 Å². The predicted molar refractivity (Wildman–Crippen MR) is 92.3 cm³/mol. The third kappa shape index (κ3) is 4.81. The summed E-state index contributed by atoms with van der Waals surface area (Å²) in [4.78, 5) is 13.9. The number of hydrogen-bond donors (Lipinski definition) is 1. The van der Waals surface area contributed by atoms with Crippen LogP contribution in [0.3, 0.4) is 0 Å². The smallest absolute Gasteiger partial charge is 0.410 e. The molecule has 1 aromatic rings. The molecule has 1 aliphatic rings. The lowest BCUT2D eigenvalue weighted by Crippen LogP contribution is -2.54. The van der Waals surface area contributed by atoms with Gasteiger partial charge in [0.1, 0.15) is 11.4 Å². The maximum absolute atomic E-state index is 14.4. The summed E-state index contributed by atoms with van der Waals surface area (Å²) in [5.74, 6) is -0.370. The van der Waals surface area contributed by atoms with Gasteiger partial charge in [0.15, 0.2) is 0 Å². The van der Waals surface area contributed by atoms with E-state index < -0.39 is 11.7 Å². The van der Waals surface area contributed by atoms with E-state index in [0.717, 1.165) is 0 Å². The second-order valence-electron chi connectivity index (χ2n) is 6.80. The minimum absolute atomic E-state index is 0.0124. The Balaban J connectivity index is 2.23. The first kappa shape index (κ1) is 18.5. The van der Waals surface area contributed by atoms with Gasteiger partial charge in [-0.1, -0.05) is 11.6 Å². The first-order valence-electron chi connectivity index (χ1n) is 7.45. The van der Waals surface area contributed by atoms with E-state index in [1.54, 1.807) is 11.0 Å². The number of amides is 1. The molecule has 4 nitrogen and oxygen atoms in total. The minimum Gasteiger partial charge on any atom is -0.444 e. The molecule has 23 heavy (non-hydrogen) atoms. The van der Waals surface area contributed by atoms with E-state index in [4.69, 9.17) is 16.3 Å². The fourth-order valence-corrected chi connectivity index (χ4v) is 3.40. The molecule has 2 atom stereocenters. The summed E-state index contributed by atoms with van der Waals surface area (Å²) < 4.78 is 20.1. The average Bonchev–Trinajstić information content (AvgIpc) is 2.40. The van der Waals surface area contributed by atoms with E-state index in [1.807, 2.05) is 27.7 Å². The van der Waals surface area contributed by atoms with Crippen LogP contribution in [0.2, 0.25) is 5.02 Å². The van der Waals surface area contributed by atoms with Gasteiger partial charge in [-0.3, -0.25) is 0 Å². The molecule has 0 radical (unpaired) electrons. The molecule has 1 aromatic carbocycles. The van der Waals surface area contributed by atoms with Crippen molar-refractivity contribution in [2.24, 2.45) is 0 Å². The van der Waals surface area contributed by atoms with Crippen molar-refractivity contribution in [1.29, 1.82) is 0 Å². The number of nitrogens with one attached hydrogen (secondary N) is 1. The van der Waals surface area contributed by atoms with Crippen molar-refractivity contribution in [3.8, 4) is 0 Å². The summed E-state index contributed by atoms with van der Waals surface area (Å²) in [6, 6.07) is 2.77. The van der Waals surface area contributed by atoms with Crippen LogP contribution >= 0.6 is 27.5 Å². The van der Waals surface area contributed by atoms with Gasteiger partial charge in [0.05, 0.1) is 10.5 Å². The van der Waals surface area contributed by atoms with Gasteiger partial charge in [0.2, 0.25) is 0 Å². The average molecular weight is 408 g/mol. The highest BCUT2D eigenvalue weighted by Crippen LogP contribution is 2.30. The zero-order valence-electron chi connectivity index (χ0n) is 13.6. The monoisotopic (exact) mass is 406 g/mol. The molecule has 0 unspecified atom stereocenters. The molecule has 1 N–H and O–H groups in total. The van der Waals surface area contributed by atoms with Crippen molar-refractivity contribution in [3.05, 3.63) is 33.0 Å². The van der Waals surface area contributed by atoms with Crippen molar-refractivity contribution in [2.75, 3.05) is 13.1 Å². The lowest BCUT2D eigenvalue weighted by molar-refractivity contribution is 0.0157. The van der Waals surface area contributed by atoms with Crippen molar-refractivity contribution < 1.29 is 13.9 Å². The van der Waals surface area contributed by atoms with Gasteiger partial charge in [-0.2, -0.15) is 0 Å². The van der Waals surface area contributed by atoms with Crippen LogP contribution in [-0.2, 0) is 4.74 Å². The molecule has 1 fully saturated rings. The fraction of sp³-hybridized carbons (Fsp3) is 0.562. The molecule has 2 rings (SSSR count). The van der Waals surface area contributed by atoms with E-state index in [1.165, 1.54) is 6.07 Å². The number of carbonyl (C=O) groups is 1. The van der Waals surface area contributed by atoms with E-state index in [0.29, 0.717) is 28.1 Å². The standard InChI is InChI=1S/C16H21BrClFN2O2/c1-9-7-21(15(22)23-16(2,3)4)8-13(20-9)11-5-10(18)6-12(17)14(11)19/h5-6,9,13,20H,7-8H2,1-4H3/t9-,13-/m1/s1. The van der Waals surface area contributed by atoms with Crippen LogP contribution in [0.1, 0.15) is 39.3 Å². The SMILES string of the molecule is C[C@@H]1CN(C(=O)OC(C)(C)C)C[C@H](c2cc(Cl)cc(Br)c2F)N1. The Hall–Kier alpha value is -0.850. The summed E-state index contributed by atoms with van der Waals surface area (Å²) >= 11 is 9.20. The van der Waals surface area contributed by atoms with E-state index in [9.17, 15) is 9.18 Å². The van der Waals surface area contributed by atoms with Crippen LogP contribution in [0, 0.1) is 5.82 Å². The van der Waals surface area contributed by atoms with Gasteiger partial charge >= 0.3 is 6.09 Å². The zero-order chi connectivity index (χ0) is 17.4.